The van der Waals surface area contributed by atoms with Gasteiger partial charge in [0.2, 0.25) is 0 Å². The fraction of sp³-hybridized carbons (Fsp3) is 0.562. The molecule has 0 radical (unpaired) electrons. The number of ether oxygens (including phenoxy) is 1. The van der Waals surface area contributed by atoms with Gasteiger partial charge in [0.15, 0.2) is 0 Å². The summed E-state index contributed by atoms with van der Waals surface area (Å²) >= 11 is 3.52. The molecule has 0 unspecified atom stereocenters. The maximum Gasteiger partial charge on any atom is 0.123 e. The molecule has 0 spiro atoms. The smallest absolute Gasteiger partial charge is 0.123 e. The van der Waals surface area contributed by atoms with Crippen molar-refractivity contribution in [1.82, 2.24) is 5.32 Å². The number of hydrogen-bond donors (Lipinski definition) is 1. The van der Waals surface area contributed by atoms with Crippen molar-refractivity contribution in [1.29, 1.82) is 5.26 Å². The van der Waals surface area contributed by atoms with Gasteiger partial charge >= 0.3 is 0 Å². The Morgan fingerprint density at radius 1 is 1.40 bits per heavy atom. The number of nitrogens with one attached hydrogen (secondary N) is 1. The molecule has 1 aromatic rings. The van der Waals surface area contributed by atoms with Crippen molar-refractivity contribution in [2.75, 3.05) is 6.61 Å². The van der Waals surface area contributed by atoms with Crippen LogP contribution in [-0.4, -0.2) is 12.6 Å². The average Bonchev–Trinajstić information content (AvgIpc) is 3.32. The first-order valence-corrected chi connectivity index (χ1v) is 8.02. The van der Waals surface area contributed by atoms with Gasteiger partial charge in [-0.3, -0.25) is 0 Å². The van der Waals surface area contributed by atoms with E-state index in [4.69, 9.17) is 10.00 Å². The molecule has 0 heterocycles. The molecule has 2 aliphatic carbocycles. The average molecular weight is 335 g/mol. The van der Waals surface area contributed by atoms with Crippen molar-refractivity contribution >= 4 is 15.9 Å². The van der Waals surface area contributed by atoms with Gasteiger partial charge in [-0.05, 0) is 43.9 Å². The summed E-state index contributed by atoms with van der Waals surface area (Å²) in [5.41, 5.74) is 1.32. The number of nitriles is 1. The van der Waals surface area contributed by atoms with Crippen LogP contribution in [0, 0.1) is 16.7 Å². The van der Waals surface area contributed by atoms with Gasteiger partial charge in [0.25, 0.3) is 0 Å². The minimum Gasteiger partial charge on any atom is -0.493 e. The molecule has 1 aromatic carbocycles. The number of halogens is 1. The summed E-state index contributed by atoms with van der Waals surface area (Å²) in [5, 5.41) is 12.4. The van der Waals surface area contributed by atoms with Gasteiger partial charge in [0, 0.05) is 34.5 Å². The number of nitrogens with zero attached hydrogens (tertiary/aromatic N) is 1. The molecule has 2 fully saturated rings. The second-order valence-corrected chi connectivity index (χ2v) is 6.95. The van der Waals surface area contributed by atoms with Crippen LogP contribution < -0.4 is 10.1 Å². The molecule has 3 nitrogen and oxygen atoms in total. The lowest BCUT2D eigenvalue weighted by molar-refractivity contribution is 0.234. The van der Waals surface area contributed by atoms with Crippen molar-refractivity contribution < 1.29 is 4.74 Å². The van der Waals surface area contributed by atoms with E-state index in [0.29, 0.717) is 19.1 Å². The van der Waals surface area contributed by atoms with Gasteiger partial charge in [0.05, 0.1) is 12.7 Å². The maximum atomic E-state index is 8.86. The van der Waals surface area contributed by atoms with E-state index in [9.17, 15) is 0 Å². The third-order valence-electron chi connectivity index (χ3n) is 4.13. The number of hydrogen-bond acceptors (Lipinski definition) is 3. The van der Waals surface area contributed by atoms with E-state index in [1.54, 1.807) is 0 Å². The Balaban J connectivity index is 1.63. The highest BCUT2D eigenvalue weighted by Gasteiger charge is 2.43. The van der Waals surface area contributed by atoms with Crippen LogP contribution in [0.4, 0.5) is 0 Å². The summed E-state index contributed by atoms with van der Waals surface area (Å²) in [6.45, 7) is 1.52. The van der Waals surface area contributed by atoms with Crippen LogP contribution in [0.15, 0.2) is 22.7 Å². The SMILES string of the molecule is N#CCC1(COc2ccc(Br)cc2CNC2CC2)CC1. The highest BCUT2D eigenvalue weighted by molar-refractivity contribution is 9.10. The zero-order valence-electron chi connectivity index (χ0n) is 11.5. The summed E-state index contributed by atoms with van der Waals surface area (Å²) < 4.78 is 7.09. The molecule has 3 rings (SSSR count). The zero-order valence-corrected chi connectivity index (χ0v) is 13.1. The lowest BCUT2D eigenvalue weighted by Gasteiger charge is -2.16. The Bertz CT molecular complexity index is 530. The molecule has 2 aliphatic rings. The summed E-state index contributed by atoms with van der Waals surface area (Å²) in [6, 6.07) is 9.13. The fourth-order valence-electron chi connectivity index (χ4n) is 2.32. The molecule has 20 heavy (non-hydrogen) atoms. The molecule has 1 N–H and O–H groups in total. The second-order valence-electron chi connectivity index (χ2n) is 6.03. The van der Waals surface area contributed by atoms with Gasteiger partial charge in [-0.1, -0.05) is 15.9 Å². The first-order valence-electron chi connectivity index (χ1n) is 7.22. The Kier molecular flexibility index (Phi) is 4.00. The number of benzene rings is 1. The van der Waals surface area contributed by atoms with E-state index in [-0.39, 0.29) is 5.41 Å². The van der Waals surface area contributed by atoms with E-state index >= 15 is 0 Å². The van der Waals surface area contributed by atoms with Crippen LogP contribution in [0.1, 0.15) is 37.7 Å². The van der Waals surface area contributed by atoms with E-state index < -0.39 is 0 Å². The normalized spacial score (nSPS) is 19.4. The Labute approximate surface area is 128 Å². The lowest BCUT2D eigenvalue weighted by atomic mass is 10.1. The molecule has 0 aliphatic heterocycles. The Morgan fingerprint density at radius 3 is 2.85 bits per heavy atom. The van der Waals surface area contributed by atoms with Crippen LogP contribution in [0.25, 0.3) is 0 Å². The Hall–Kier alpha value is -1.05. The van der Waals surface area contributed by atoms with Crippen molar-refractivity contribution in [3.05, 3.63) is 28.2 Å². The summed E-state index contributed by atoms with van der Waals surface area (Å²) in [6.07, 6.45) is 5.42. The van der Waals surface area contributed by atoms with E-state index in [0.717, 1.165) is 29.6 Å². The van der Waals surface area contributed by atoms with Crippen LogP contribution in [0.2, 0.25) is 0 Å². The molecule has 0 atom stereocenters. The van der Waals surface area contributed by atoms with E-state index in [1.165, 1.54) is 18.4 Å². The van der Waals surface area contributed by atoms with Crippen LogP contribution in [-0.2, 0) is 6.54 Å². The molecule has 0 amide bonds. The van der Waals surface area contributed by atoms with Gasteiger partial charge in [-0.25, -0.2) is 0 Å². The summed E-state index contributed by atoms with van der Waals surface area (Å²) in [7, 11) is 0. The first kappa shape index (κ1) is 13.9. The first-order chi connectivity index (χ1) is 9.71. The number of rotatable bonds is 7. The van der Waals surface area contributed by atoms with Crippen molar-refractivity contribution in [3.8, 4) is 11.8 Å². The fourth-order valence-corrected chi connectivity index (χ4v) is 2.72. The molecule has 4 heteroatoms. The molecule has 2 saturated carbocycles. The van der Waals surface area contributed by atoms with Gasteiger partial charge in [-0.15, -0.1) is 0 Å². The second kappa shape index (κ2) is 5.75. The van der Waals surface area contributed by atoms with Crippen LogP contribution in [0.3, 0.4) is 0 Å². The molecular formula is C16H19BrN2O. The quantitative estimate of drug-likeness (QED) is 0.825. The highest BCUT2D eigenvalue weighted by Crippen LogP contribution is 2.48. The molecule has 0 bridgehead atoms. The van der Waals surface area contributed by atoms with Crippen molar-refractivity contribution in [3.63, 3.8) is 0 Å². The Morgan fingerprint density at radius 2 is 2.20 bits per heavy atom. The topological polar surface area (TPSA) is 45.0 Å². The predicted octanol–water partition coefficient (Wildman–Crippen LogP) is 3.77. The van der Waals surface area contributed by atoms with Crippen molar-refractivity contribution in [2.45, 2.75) is 44.7 Å². The van der Waals surface area contributed by atoms with Crippen molar-refractivity contribution in [2.24, 2.45) is 5.41 Å². The van der Waals surface area contributed by atoms with Gasteiger partial charge in [-0.2, -0.15) is 5.26 Å². The van der Waals surface area contributed by atoms with E-state index in [1.807, 2.05) is 12.1 Å². The minimum atomic E-state index is 0.128. The third-order valence-corrected chi connectivity index (χ3v) is 4.62. The van der Waals surface area contributed by atoms with Gasteiger partial charge < -0.3 is 10.1 Å². The maximum absolute atomic E-state index is 8.86. The third kappa shape index (κ3) is 3.53. The standard InChI is InChI=1S/C16H19BrN2O/c17-13-1-4-15(12(9-13)10-19-14-2-3-14)20-11-16(5-6-16)7-8-18/h1,4,9,14,19H,2-3,5-7,10-11H2. The highest BCUT2D eigenvalue weighted by atomic mass is 79.9. The molecule has 0 saturated heterocycles. The zero-order chi connectivity index (χ0) is 14.0. The largest absolute Gasteiger partial charge is 0.493 e. The molecular weight excluding hydrogens is 316 g/mol. The van der Waals surface area contributed by atoms with Crippen LogP contribution >= 0.6 is 15.9 Å². The lowest BCUT2D eigenvalue weighted by Crippen LogP contribution is -2.18. The monoisotopic (exact) mass is 334 g/mol. The predicted molar refractivity (Wildman–Crippen MR) is 81.4 cm³/mol. The van der Waals surface area contributed by atoms with Gasteiger partial charge in [0.1, 0.15) is 5.75 Å². The molecule has 0 aromatic heterocycles. The van der Waals surface area contributed by atoms with E-state index in [2.05, 4.69) is 33.4 Å². The van der Waals surface area contributed by atoms with Crippen LogP contribution in [0.5, 0.6) is 5.75 Å². The molecule has 106 valence electrons. The summed E-state index contributed by atoms with van der Waals surface area (Å²) in [4.78, 5) is 0. The minimum absolute atomic E-state index is 0.128. The summed E-state index contributed by atoms with van der Waals surface area (Å²) in [5.74, 6) is 0.950.